The van der Waals surface area contributed by atoms with Crippen LogP contribution in [0.4, 0.5) is 17.3 Å². The number of carbonyl (C=O) groups excluding carboxylic acids is 1. The van der Waals surface area contributed by atoms with Crippen molar-refractivity contribution in [3.05, 3.63) is 65.5 Å². The molecule has 2 N–H and O–H groups in total. The predicted octanol–water partition coefficient (Wildman–Crippen LogP) is 3.86. The predicted molar refractivity (Wildman–Crippen MR) is 107 cm³/mol. The van der Waals surface area contributed by atoms with E-state index in [9.17, 15) is 4.79 Å². The van der Waals surface area contributed by atoms with Gasteiger partial charge in [0.2, 0.25) is 5.95 Å². The van der Waals surface area contributed by atoms with Gasteiger partial charge in [-0.3, -0.25) is 4.79 Å². The fourth-order valence-corrected chi connectivity index (χ4v) is 2.96. The van der Waals surface area contributed by atoms with Crippen molar-refractivity contribution in [2.75, 3.05) is 23.8 Å². The number of fused-ring (bicyclic) bond motifs is 1. The number of nitrogens with one attached hydrogen (secondary N) is 2. The fraction of sp³-hybridized carbons (Fsp3) is 0.190. The van der Waals surface area contributed by atoms with Gasteiger partial charge in [-0.15, -0.1) is 0 Å². The van der Waals surface area contributed by atoms with Crippen LogP contribution in [0.3, 0.4) is 0 Å². The highest BCUT2D eigenvalue weighted by molar-refractivity contribution is 6.04. The van der Waals surface area contributed by atoms with Crippen molar-refractivity contribution in [1.82, 2.24) is 9.97 Å². The van der Waals surface area contributed by atoms with E-state index < -0.39 is 0 Å². The number of ether oxygens (including phenoxy) is 2. The summed E-state index contributed by atoms with van der Waals surface area (Å²) in [5, 5.41) is 6.03. The van der Waals surface area contributed by atoms with Gasteiger partial charge in [0.25, 0.3) is 5.91 Å². The quantitative estimate of drug-likeness (QED) is 0.719. The SMILES string of the molecule is Cc1cccc(C)c1Nc1ncc(C(=O)Nc2ccc3c(c2)OCCO3)cn1. The molecule has 0 spiro atoms. The lowest BCUT2D eigenvalue weighted by atomic mass is 10.1. The summed E-state index contributed by atoms with van der Waals surface area (Å²) in [6.07, 6.45) is 2.99. The number of benzene rings is 2. The Labute approximate surface area is 162 Å². The molecule has 4 rings (SSSR count). The summed E-state index contributed by atoms with van der Waals surface area (Å²) in [5.41, 5.74) is 4.15. The van der Waals surface area contributed by atoms with E-state index in [0.29, 0.717) is 41.9 Å². The smallest absolute Gasteiger partial charge is 0.258 e. The molecule has 142 valence electrons. The van der Waals surface area contributed by atoms with Crippen LogP contribution in [-0.4, -0.2) is 29.1 Å². The van der Waals surface area contributed by atoms with Gasteiger partial charge in [0.05, 0.1) is 5.56 Å². The lowest BCUT2D eigenvalue weighted by Gasteiger charge is -2.19. The van der Waals surface area contributed by atoms with Gasteiger partial charge in [0.1, 0.15) is 13.2 Å². The molecule has 0 atom stereocenters. The van der Waals surface area contributed by atoms with Crippen molar-refractivity contribution in [3.63, 3.8) is 0 Å². The van der Waals surface area contributed by atoms with Crippen LogP contribution in [0.15, 0.2) is 48.8 Å². The molecule has 0 radical (unpaired) electrons. The number of hydrogen-bond donors (Lipinski definition) is 2. The van der Waals surface area contributed by atoms with E-state index in [4.69, 9.17) is 9.47 Å². The van der Waals surface area contributed by atoms with Crippen LogP contribution >= 0.6 is 0 Å². The minimum Gasteiger partial charge on any atom is -0.486 e. The number of hydrogen-bond acceptors (Lipinski definition) is 6. The Bertz CT molecular complexity index is 998. The molecule has 1 aliphatic heterocycles. The third kappa shape index (κ3) is 3.73. The zero-order valence-electron chi connectivity index (χ0n) is 15.7. The molecule has 3 aromatic rings. The Morgan fingerprint density at radius 3 is 2.36 bits per heavy atom. The topological polar surface area (TPSA) is 85.4 Å². The van der Waals surface area contributed by atoms with Crippen molar-refractivity contribution in [2.45, 2.75) is 13.8 Å². The zero-order chi connectivity index (χ0) is 19.5. The molecule has 0 aliphatic carbocycles. The average molecular weight is 376 g/mol. The second-order valence-electron chi connectivity index (χ2n) is 6.50. The van der Waals surface area contributed by atoms with Crippen LogP contribution in [-0.2, 0) is 0 Å². The van der Waals surface area contributed by atoms with E-state index >= 15 is 0 Å². The van der Waals surface area contributed by atoms with Gasteiger partial charge in [0, 0.05) is 29.8 Å². The highest BCUT2D eigenvalue weighted by Gasteiger charge is 2.14. The minimum atomic E-state index is -0.296. The summed E-state index contributed by atoms with van der Waals surface area (Å²) in [6, 6.07) is 11.3. The maximum Gasteiger partial charge on any atom is 0.258 e. The van der Waals surface area contributed by atoms with Crippen molar-refractivity contribution in [2.24, 2.45) is 0 Å². The number of para-hydroxylation sites is 1. The Morgan fingerprint density at radius 1 is 0.964 bits per heavy atom. The monoisotopic (exact) mass is 376 g/mol. The summed E-state index contributed by atoms with van der Waals surface area (Å²) in [4.78, 5) is 21.0. The number of anilines is 3. The number of aryl methyl sites for hydroxylation is 2. The van der Waals surface area contributed by atoms with Crippen molar-refractivity contribution < 1.29 is 14.3 Å². The Balaban J connectivity index is 1.45. The van der Waals surface area contributed by atoms with E-state index in [1.54, 1.807) is 18.2 Å². The highest BCUT2D eigenvalue weighted by atomic mass is 16.6. The average Bonchev–Trinajstić information content (AvgIpc) is 2.71. The van der Waals surface area contributed by atoms with Crippen molar-refractivity contribution in [1.29, 1.82) is 0 Å². The second kappa shape index (κ2) is 7.56. The molecule has 28 heavy (non-hydrogen) atoms. The number of carbonyl (C=O) groups is 1. The molecule has 2 aromatic carbocycles. The van der Waals surface area contributed by atoms with Crippen LogP contribution in [0.2, 0.25) is 0 Å². The summed E-state index contributed by atoms with van der Waals surface area (Å²) < 4.78 is 11.0. The molecule has 0 saturated heterocycles. The molecule has 0 bridgehead atoms. The largest absolute Gasteiger partial charge is 0.486 e. The number of nitrogens with zero attached hydrogens (tertiary/aromatic N) is 2. The number of amides is 1. The molecule has 7 nitrogen and oxygen atoms in total. The first kappa shape index (κ1) is 17.8. The first-order valence-corrected chi connectivity index (χ1v) is 8.96. The van der Waals surface area contributed by atoms with E-state index in [-0.39, 0.29) is 5.91 Å². The number of aromatic nitrogens is 2. The molecule has 0 saturated carbocycles. The summed E-state index contributed by atoms with van der Waals surface area (Å²) in [6.45, 7) is 5.06. The molecule has 0 fully saturated rings. The summed E-state index contributed by atoms with van der Waals surface area (Å²) >= 11 is 0. The Morgan fingerprint density at radius 2 is 1.64 bits per heavy atom. The van der Waals surface area contributed by atoms with Crippen LogP contribution in [0.5, 0.6) is 11.5 Å². The van der Waals surface area contributed by atoms with Crippen molar-refractivity contribution in [3.8, 4) is 11.5 Å². The highest BCUT2D eigenvalue weighted by Crippen LogP contribution is 2.32. The molecular formula is C21H20N4O3. The van der Waals surface area contributed by atoms with Crippen LogP contribution in [0.25, 0.3) is 0 Å². The lowest BCUT2D eigenvalue weighted by Crippen LogP contribution is -2.16. The van der Waals surface area contributed by atoms with E-state index in [0.717, 1.165) is 16.8 Å². The molecule has 1 aliphatic rings. The van der Waals surface area contributed by atoms with Gasteiger partial charge in [-0.05, 0) is 37.1 Å². The Kier molecular flexibility index (Phi) is 4.80. The maximum atomic E-state index is 12.5. The molecular weight excluding hydrogens is 356 g/mol. The molecule has 0 unspecified atom stereocenters. The van der Waals surface area contributed by atoms with E-state index in [1.165, 1.54) is 12.4 Å². The fourth-order valence-electron chi connectivity index (χ4n) is 2.96. The van der Waals surface area contributed by atoms with E-state index in [1.807, 2.05) is 32.0 Å². The first-order valence-electron chi connectivity index (χ1n) is 8.96. The Hall–Kier alpha value is -3.61. The normalized spacial score (nSPS) is 12.4. The van der Waals surface area contributed by atoms with Gasteiger partial charge in [0.15, 0.2) is 11.5 Å². The first-order chi connectivity index (χ1) is 13.6. The van der Waals surface area contributed by atoms with E-state index in [2.05, 4.69) is 20.6 Å². The van der Waals surface area contributed by atoms with Gasteiger partial charge >= 0.3 is 0 Å². The zero-order valence-corrected chi connectivity index (χ0v) is 15.7. The molecule has 1 amide bonds. The van der Waals surface area contributed by atoms with Crippen LogP contribution in [0, 0.1) is 13.8 Å². The maximum absolute atomic E-state index is 12.5. The van der Waals surface area contributed by atoms with Gasteiger partial charge in [-0.2, -0.15) is 0 Å². The van der Waals surface area contributed by atoms with Crippen LogP contribution in [0.1, 0.15) is 21.5 Å². The third-order valence-corrected chi connectivity index (χ3v) is 4.43. The second-order valence-corrected chi connectivity index (χ2v) is 6.50. The summed E-state index contributed by atoms with van der Waals surface area (Å²) in [7, 11) is 0. The van der Waals surface area contributed by atoms with Gasteiger partial charge < -0.3 is 20.1 Å². The van der Waals surface area contributed by atoms with Gasteiger partial charge in [-0.25, -0.2) is 9.97 Å². The molecule has 2 heterocycles. The van der Waals surface area contributed by atoms with Crippen molar-refractivity contribution >= 4 is 23.2 Å². The third-order valence-electron chi connectivity index (χ3n) is 4.43. The standard InChI is InChI=1S/C21H20N4O3/c1-13-4-3-5-14(2)19(13)25-21-22-11-15(12-23-21)20(26)24-16-6-7-17-18(10-16)28-9-8-27-17/h3-7,10-12H,8-9H2,1-2H3,(H,24,26)(H,22,23,25). The number of rotatable bonds is 4. The van der Waals surface area contributed by atoms with Crippen LogP contribution < -0.4 is 20.1 Å². The molecule has 1 aromatic heterocycles. The summed E-state index contributed by atoms with van der Waals surface area (Å²) in [5.74, 6) is 1.44. The minimum absolute atomic E-state index is 0.296. The molecule has 7 heteroatoms. The lowest BCUT2D eigenvalue weighted by molar-refractivity contribution is 0.102. The van der Waals surface area contributed by atoms with Gasteiger partial charge in [-0.1, -0.05) is 18.2 Å².